The molecule has 3 heterocycles. The lowest BCUT2D eigenvalue weighted by atomic mass is 9.87. The molecule has 0 fully saturated rings. The van der Waals surface area contributed by atoms with E-state index in [0.717, 1.165) is 33.6 Å². The van der Waals surface area contributed by atoms with Gasteiger partial charge in [0.25, 0.3) is 0 Å². The minimum atomic E-state index is -0.371. The van der Waals surface area contributed by atoms with Crippen molar-refractivity contribution < 1.29 is 23.5 Å². The molecule has 1 aliphatic rings. The smallest absolute Gasteiger partial charge is 0.240 e. The number of carbonyl (C=O) groups excluding carboxylic acids is 2. The van der Waals surface area contributed by atoms with Gasteiger partial charge in [-0.25, -0.2) is 4.68 Å². The van der Waals surface area contributed by atoms with Crippen molar-refractivity contribution in [3.63, 3.8) is 0 Å². The fraction of sp³-hybridized carbons (Fsp3) is 0.364. The van der Waals surface area contributed by atoms with E-state index in [2.05, 4.69) is 32.2 Å². The van der Waals surface area contributed by atoms with Crippen molar-refractivity contribution in [2.24, 2.45) is 0 Å². The van der Waals surface area contributed by atoms with Crippen molar-refractivity contribution in [1.82, 2.24) is 15.1 Å². The lowest BCUT2D eigenvalue weighted by Gasteiger charge is -2.25. The predicted octanol–water partition coefficient (Wildman–Crippen LogP) is 5.88. The van der Waals surface area contributed by atoms with Crippen molar-refractivity contribution in [2.45, 2.75) is 51.8 Å². The van der Waals surface area contributed by atoms with Crippen LogP contribution in [0.5, 0.6) is 11.5 Å². The molecule has 1 unspecified atom stereocenters. The van der Waals surface area contributed by atoms with E-state index in [0.29, 0.717) is 23.1 Å². The number of carbonyl (C=O) groups is 2. The molecule has 5 rings (SSSR count). The molecule has 2 aromatic heterocycles. The van der Waals surface area contributed by atoms with Crippen LogP contribution in [0.25, 0.3) is 5.69 Å². The van der Waals surface area contributed by atoms with Gasteiger partial charge in [-0.2, -0.15) is 5.10 Å². The standard InChI is InChI=1S/C33H38N4O5S/c1-20-10-12-24(21(2)15-20)37-32-29(31(35-37)33(3,4)5)30(22-11-13-25(40-6)26(16-22)41-7)43-19-28(39)36(32)18-27(38)34-17-23-9-8-14-42-23/h8-16,30H,17-19H2,1-7H3,(H,34,38). The van der Waals surface area contributed by atoms with Gasteiger partial charge in [-0.1, -0.05) is 44.5 Å². The largest absolute Gasteiger partial charge is 0.493 e. The second-order valence-corrected chi connectivity index (χ2v) is 12.8. The van der Waals surface area contributed by atoms with Crippen molar-refractivity contribution in [3.05, 3.63) is 88.5 Å². The summed E-state index contributed by atoms with van der Waals surface area (Å²) in [7, 11) is 3.22. The van der Waals surface area contributed by atoms with Crippen molar-refractivity contribution in [1.29, 1.82) is 0 Å². The number of hydrogen-bond donors (Lipinski definition) is 1. The molecule has 1 aliphatic heterocycles. The van der Waals surface area contributed by atoms with Gasteiger partial charge < -0.3 is 19.2 Å². The molecule has 9 nitrogen and oxygen atoms in total. The summed E-state index contributed by atoms with van der Waals surface area (Å²) in [4.78, 5) is 28.9. The lowest BCUT2D eigenvalue weighted by Crippen LogP contribution is -2.42. The van der Waals surface area contributed by atoms with Crippen LogP contribution in [0.2, 0.25) is 0 Å². The van der Waals surface area contributed by atoms with Crippen LogP contribution in [0.4, 0.5) is 5.82 Å². The summed E-state index contributed by atoms with van der Waals surface area (Å²) in [6.45, 7) is 10.5. The molecule has 43 heavy (non-hydrogen) atoms. The third-order valence-electron chi connectivity index (χ3n) is 7.43. The number of ether oxygens (including phenoxy) is 2. The summed E-state index contributed by atoms with van der Waals surface area (Å²) in [5, 5.41) is 7.84. The van der Waals surface area contributed by atoms with E-state index in [9.17, 15) is 9.59 Å². The number of aromatic nitrogens is 2. The molecule has 2 aromatic carbocycles. The molecule has 10 heteroatoms. The SMILES string of the molecule is COc1ccc(C2SCC(=O)N(CC(=O)NCc3ccco3)c3c2c(C(C)(C)C)nn3-c2ccc(C)cc2C)cc1OC. The van der Waals surface area contributed by atoms with Gasteiger partial charge in [0.05, 0.1) is 49.4 Å². The van der Waals surface area contributed by atoms with Crippen LogP contribution in [-0.4, -0.2) is 48.1 Å². The predicted molar refractivity (Wildman–Crippen MR) is 168 cm³/mol. The molecule has 1 N–H and O–H groups in total. The van der Waals surface area contributed by atoms with Crippen molar-refractivity contribution in [3.8, 4) is 17.2 Å². The Morgan fingerprint density at radius 2 is 1.86 bits per heavy atom. The topological polar surface area (TPSA) is 98.8 Å². The third kappa shape index (κ3) is 6.15. The highest BCUT2D eigenvalue weighted by Crippen LogP contribution is 2.49. The molecule has 0 aliphatic carbocycles. The zero-order chi connectivity index (χ0) is 30.9. The van der Waals surface area contributed by atoms with Crippen LogP contribution in [0.15, 0.2) is 59.2 Å². The quantitative estimate of drug-likeness (QED) is 0.269. The molecular formula is C33H38N4O5S. The number of furan rings is 1. The Bertz CT molecular complexity index is 1640. The summed E-state index contributed by atoms with van der Waals surface area (Å²) in [5.74, 6) is 2.17. The van der Waals surface area contributed by atoms with Gasteiger partial charge in [-0.15, -0.1) is 11.8 Å². The monoisotopic (exact) mass is 602 g/mol. The molecule has 0 bridgehead atoms. The average Bonchev–Trinajstić information content (AvgIpc) is 3.60. The van der Waals surface area contributed by atoms with Crippen molar-refractivity contribution >= 4 is 29.4 Å². The minimum Gasteiger partial charge on any atom is -0.493 e. The second kappa shape index (κ2) is 12.2. The Morgan fingerprint density at radius 3 is 2.51 bits per heavy atom. The van der Waals surface area contributed by atoms with E-state index < -0.39 is 0 Å². The number of nitrogens with zero attached hydrogens (tertiary/aromatic N) is 3. The molecule has 0 saturated carbocycles. The number of methoxy groups -OCH3 is 2. The maximum absolute atomic E-state index is 13.9. The molecular weight excluding hydrogens is 564 g/mol. The van der Waals surface area contributed by atoms with Crippen LogP contribution in [0, 0.1) is 13.8 Å². The van der Waals surface area contributed by atoms with Gasteiger partial charge >= 0.3 is 0 Å². The van der Waals surface area contributed by atoms with Crippen LogP contribution in [0.3, 0.4) is 0 Å². The normalized spacial score (nSPS) is 15.2. The highest BCUT2D eigenvalue weighted by Gasteiger charge is 2.40. The van der Waals surface area contributed by atoms with E-state index in [4.69, 9.17) is 19.0 Å². The highest BCUT2D eigenvalue weighted by atomic mass is 32.2. The number of fused-ring (bicyclic) bond motifs is 1. The van der Waals surface area contributed by atoms with E-state index in [1.165, 1.54) is 11.8 Å². The number of aryl methyl sites for hydroxylation is 2. The summed E-state index contributed by atoms with van der Waals surface area (Å²) in [6, 6.07) is 15.6. The Kier molecular flexibility index (Phi) is 8.59. The zero-order valence-electron chi connectivity index (χ0n) is 25.7. The summed E-state index contributed by atoms with van der Waals surface area (Å²) in [5.41, 5.74) is 5.32. The van der Waals surface area contributed by atoms with Crippen molar-refractivity contribution in [2.75, 3.05) is 31.4 Å². The molecule has 2 amide bonds. The molecule has 226 valence electrons. The number of rotatable bonds is 8. The lowest BCUT2D eigenvalue weighted by molar-refractivity contribution is -0.123. The van der Waals surface area contributed by atoms with Gasteiger partial charge in [0.15, 0.2) is 11.5 Å². The highest BCUT2D eigenvalue weighted by molar-refractivity contribution is 8.00. The van der Waals surface area contributed by atoms with E-state index in [1.54, 1.807) is 37.5 Å². The van der Waals surface area contributed by atoms with Gasteiger partial charge in [-0.05, 0) is 55.3 Å². The van der Waals surface area contributed by atoms with Crippen LogP contribution >= 0.6 is 11.8 Å². The zero-order valence-corrected chi connectivity index (χ0v) is 26.5. The number of benzene rings is 2. The molecule has 0 spiro atoms. The minimum absolute atomic E-state index is 0.161. The number of nitrogens with one attached hydrogen (secondary N) is 1. The summed E-state index contributed by atoms with van der Waals surface area (Å²) in [6.07, 6.45) is 1.56. The Hall–Kier alpha value is -4.18. The summed E-state index contributed by atoms with van der Waals surface area (Å²) < 4.78 is 18.4. The first-order valence-corrected chi connectivity index (χ1v) is 15.2. The van der Waals surface area contributed by atoms with E-state index in [1.807, 2.05) is 48.9 Å². The molecule has 0 saturated heterocycles. The fourth-order valence-corrected chi connectivity index (χ4v) is 6.55. The first-order chi connectivity index (χ1) is 20.5. The van der Waals surface area contributed by atoms with E-state index in [-0.39, 0.29) is 41.3 Å². The van der Waals surface area contributed by atoms with Gasteiger partial charge in [0, 0.05) is 11.0 Å². The number of thioether (sulfide) groups is 1. The van der Waals surface area contributed by atoms with Crippen LogP contribution in [-0.2, 0) is 21.5 Å². The average molecular weight is 603 g/mol. The Labute approximate surface area is 256 Å². The maximum atomic E-state index is 13.9. The van der Waals surface area contributed by atoms with Gasteiger partial charge in [-0.3, -0.25) is 14.5 Å². The molecule has 1 atom stereocenters. The first kappa shape index (κ1) is 30.3. The number of hydrogen-bond acceptors (Lipinski definition) is 7. The van der Waals surface area contributed by atoms with E-state index >= 15 is 0 Å². The molecule has 0 radical (unpaired) electrons. The summed E-state index contributed by atoms with van der Waals surface area (Å²) >= 11 is 1.52. The van der Waals surface area contributed by atoms with Crippen LogP contribution in [0.1, 0.15) is 59.7 Å². The number of amides is 2. The Morgan fingerprint density at radius 1 is 1.09 bits per heavy atom. The van der Waals surface area contributed by atoms with Gasteiger partial charge in [0.1, 0.15) is 18.1 Å². The second-order valence-electron chi connectivity index (χ2n) is 11.7. The number of anilines is 1. The third-order valence-corrected chi connectivity index (χ3v) is 8.69. The molecule has 4 aromatic rings. The Balaban J connectivity index is 1.71. The maximum Gasteiger partial charge on any atom is 0.240 e. The van der Waals surface area contributed by atoms with Crippen LogP contribution < -0.4 is 19.7 Å². The van der Waals surface area contributed by atoms with Gasteiger partial charge in [0.2, 0.25) is 11.8 Å². The first-order valence-electron chi connectivity index (χ1n) is 14.2. The fourth-order valence-electron chi connectivity index (χ4n) is 5.36.